The number of nitrogens with zero attached hydrogens (tertiary/aromatic N) is 3. The number of hydrogen-bond acceptors (Lipinski definition) is 11. The topological polar surface area (TPSA) is 163 Å². The molecule has 1 amide bonds. The van der Waals surface area contributed by atoms with Crippen LogP contribution >= 0.6 is 0 Å². The maximum atomic E-state index is 15.0. The second-order valence-electron chi connectivity index (χ2n) is 16.1. The molecular formula is C49H61N3O9. The number of aliphatic hydroxyl groups excluding tert-OH is 3. The Balaban J connectivity index is 1.59. The van der Waals surface area contributed by atoms with Gasteiger partial charge in [-0.3, -0.25) is 4.79 Å². The van der Waals surface area contributed by atoms with Crippen LogP contribution in [0, 0.1) is 42.9 Å². The molecule has 0 bridgehead atoms. The Labute approximate surface area is 360 Å². The lowest BCUT2D eigenvalue weighted by atomic mass is 9.55. The fourth-order valence-electron chi connectivity index (χ4n) is 9.35. The Morgan fingerprint density at radius 1 is 0.967 bits per heavy atom. The molecule has 61 heavy (non-hydrogen) atoms. The van der Waals surface area contributed by atoms with Gasteiger partial charge in [0.2, 0.25) is 5.79 Å². The zero-order chi connectivity index (χ0) is 43.4. The van der Waals surface area contributed by atoms with Gasteiger partial charge in [0.15, 0.2) is 0 Å². The number of allylic oxidation sites excluding steroid dienone is 1. The molecule has 1 heterocycles. The molecule has 6 rings (SSSR count). The first-order valence-electron chi connectivity index (χ1n) is 21.7. The highest BCUT2D eigenvalue weighted by molar-refractivity contribution is 6.03. The number of carbonyl (C=O) groups excluding carboxylic acids is 1. The van der Waals surface area contributed by atoms with Crippen molar-refractivity contribution in [3.05, 3.63) is 113 Å². The van der Waals surface area contributed by atoms with Crippen LogP contribution in [0.25, 0.3) is 0 Å². The average molecular weight is 836 g/mol. The molecule has 0 spiro atoms. The average Bonchev–Trinajstić information content (AvgIpc) is 3.27. The molecule has 12 nitrogen and oxygen atoms in total. The molecular weight excluding hydrogens is 775 g/mol. The van der Waals surface area contributed by atoms with Crippen molar-refractivity contribution in [3.8, 4) is 23.3 Å². The van der Waals surface area contributed by atoms with E-state index in [2.05, 4.69) is 38.6 Å². The van der Waals surface area contributed by atoms with Gasteiger partial charge in [-0.15, -0.1) is 6.58 Å². The van der Waals surface area contributed by atoms with Crippen LogP contribution in [0.5, 0.6) is 17.2 Å². The lowest BCUT2D eigenvalue weighted by Crippen LogP contribution is -2.70. The first-order chi connectivity index (χ1) is 29.7. The van der Waals surface area contributed by atoms with Crippen molar-refractivity contribution in [1.82, 2.24) is 4.90 Å². The maximum absolute atomic E-state index is 15.0. The molecule has 1 aliphatic heterocycles. The van der Waals surface area contributed by atoms with Gasteiger partial charge < -0.3 is 44.0 Å². The number of ether oxygens (including phenoxy) is 4. The van der Waals surface area contributed by atoms with Crippen LogP contribution in [0.4, 0.5) is 0 Å². The number of rotatable bonds is 22. The van der Waals surface area contributed by atoms with Gasteiger partial charge in [-0.1, -0.05) is 36.2 Å². The van der Waals surface area contributed by atoms with Crippen LogP contribution in [-0.4, -0.2) is 96.5 Å². The molecule has 1 saturated carbocycles. The van der Waals surface area contributed by atoms with Crippen molar-refractivity contribution in [2.45, 2.75) is 83.5 Å². The van der Waals surface area contributed by atoms with Crippen molar-refractivity contribution in [2.24, 2.45) is 22.9 Å². The van der Waals surface area contributed by atoms with Gasteiger partial charge in [0, 0.05) is 43.2 Å². The van der Waals surface area contributed by atoms with E-state index in [4.69, 9.17) is 28.9 Å². The Morgan fingerprint density at radius 2 is 1.70 bits per heavy atom. The third-order valence-corrected chi connectivity index (χ3v) is 12.3. The fourth-order valence-corrected chi connectivity index (χ4v) is 9.35. The lowest BCUT2D eigenvalue weighted by molar-refractivity contribution is -0.254. The monoisotopic (exact) mass is 835 g/mol. The van der Waals surface area contributed by atoms with Crippen LogP contribution in [0.1, 0.15) is 90.4 Å². The highest BCUT2D eigenvalue weighted by Gasteiger charge is 2.65. The Kier molecular flexibility index (Phi) is 16.2. The highest BCUT2D eigenvalue weighted by Crippen LogP contribution is 2.62. The summed E-state index contributed by atoms with van der Waals surface area (Å²) in [6.07, 6.45) is 8.74. The fraction of sp³-hybridized carbons (Fsp3) is 0.490. The van der Waals surface area contributed by atoms with Crippen molar-refractivity contribution >= 4 is 11.6 Å². The number of aryl methyl sites for hydroxylation is 2. The third-order valence-electron chi connectivity index (χ3n) is 12.3. The first-order valence-corrected chi connectivity index (χ1v) is 21.7. The minimum atomic E-state index is -1.47. The second-order valence-corrected chi connectivity index (χ2v) is 16.1. The molecule has 326 valence electrons. The van der Waals surface area contributed by atoms with Crippen molar-refractivity contribution in [2.75, 3.05) is 52.8 Å². The maximum Gasteiger partial charge on any atom is 0.254 e. The summed E-state index contributed by atoms with van der Waals surface area (Å²) in [7, 11) is 0. The standard InChI is InChI=1S/C49H61N3O9/c1-5-25-58-49-45(52(21-26-57-27-24-55)48(56)36-16-14-35(32-50)15-17-36)31-43(51-59-6-2)41-29-37(11-7-9-22-53)40(12-8-10-23-54)46(47(41)49)42-30-39(19-20-44(42)61-49)60-38-18-13-33(3)34(4)28-38/h5,13-20,28-30,37,40,45-47,53-55H,1,6-12,21-27,31H2,2-4H3. The van der Waals surface area contributed by atoms with Crippen LogP contribution in [-0.2, 0) is 14.3 Å². The lowest BCUT2D eigenvalue weighted by Gasteiger charge is -2.60. The molecule has 3 aliphatic rings. The summed E-state index contributed by atoms with van der Waals surface area (Å²) in [4.78, 5) is 22.6. The molecule has 0 aromatic heterocycles. The third kappa shape index (κ3) is 10.2. The summed E-state index contributed by atoms with van der Waals surface area (Å²) in [5, 5.41) is 43.7. The molecule has 0 radical (unpaired) electrons. The number of oxime groups is 1. The Bertz CT molecular complexity index is 2060. The van der Waals surface area contributed by atoms with Crippen LogP contribution in [0.3, 0.4) is 0 Å². The molecule has 2 aliphatic carbocycles. The smallest absolute Gasteiger partial charge is 0.254 e. The van der Waals surface area contributed by atoms with E-state index in [0.717, 1.165) is 48.1 Å². The zero-order valence-electron chi connectivity index (χ0n) is 35.8. The van der Waals surface area contributed by atoms with Crippen LogP contribution in [0.2, 0.25) is 0 Å². The predicted octanol–water partition coefficient (Wildman–Crippen LogP) is 7.77. The number of fused-ring (bicyclic) bond motifs is 2. The molecule has 3 aromatic rings. The summed E-state index contributed by atoms with van der Waals surface area (Å²) in [6, 6.07) is 19.8. The van der Waals surface area contributed by atoms with Crippen molar-refractivity contribution < 1.29 is 43.9 Å². The van der Waals surface area contributed by atoms with E-state index in [9.17, 15) is 25.4 Å². The van der Waals surface area contributed by atoms with Gasteiger partial charge >= 0.3 is 0 Å². The van der Waals surface area contributed by atoms with Crippen molar-refractivity contribution in [3.63, 3.8) is 0 Å². The van der Waals surface area contributed by atoms with Crippen LogP contribution < -0.4 is 9.47 Å². The van der Waals surface area contributed by atoms with Gasteiger partial charge in [-0.05, 0) is 130 Å². The molecule has 12 heteroatoms. The number of carbonyl (C=O) groups is 1. The molecule has 0 saturated heterocycles. The van der Waals surface area contributed by atoms with E-state index >= 15 is 0 Å². The van der Waals surface area contributed by atoms with E-state index in [1.54, 1.807) is 35.2 Å². The predicted molar refractivity (Wildman–Crippen MR) is 233 cm³/mol. The Morgan fingerprint density at radius 3 is 2.39 bits per heavy atom. The van der Waals surface area contributed by atoms with Gasteiger partial charge in [0.1, 0.15) is 29.9 Å². The SMILES string of the molecule is C=CCOC12Oc3ccc(Oc4ccc(C)c(C)c4)cc3C3C(CCCCO)C(CCCCO)C=C(C(=NOCC)CC1N(CCOCCO)C(=O)c1ccc(C#N)cc1)C32. The quantitative estimate of drug-likeness (QED) is 0.0518. The van der Waals surface area contributed by atoms with E-state index in [0.29, 0.717) is 47.8 Å². The number of benzene rings is 3. The first kappa shape index (κ1) is 45.5. The normalized spacial score (nSPS) is 23.2. The van der Waals surface area contributed by atoms with Crippen molar-refractivity contribution in [1.29, 1.82) is 5.26 Å². The second kappa shape index (κ2) is 21.7. The molecule has 6 atom stereocenters. The van der Waals surface area contributed by atoms with Crippen LogP contribution in [0.15, 0.2) is 90.1 Å². The summed E-state index contributed by atoms with van der Waals surface area (Å²) in [5.74, 6) is -0.429. The van der Waals surface area contributed by atoms with Gasteiger partial charge in [-0.2, -0.15) is 5.26 Å². The largest absolute Gasteiger partial charge is 0.459 e. The van der Waals surface area contributed by atoms with Gasteiger partial charge in [0.05, 0.1) is 49.7 Å². The summed E-state index contributed by atoms with van der Waals surface area (Å²) in [5.41, 5.74) is 5.66. The number of nitriles is 1. The zero-order valence-corrected chi connectivity index (χ0v) is 35.8. The number of amides is 1. The molecule has 3 aromatic carbocycles. The van der Waals surface area contributed by atoms with E-state index < -0.39 is 17.7 Å². The highest BCUT2D eigenvalue weighted by atomic mass is 16.7. The molecule has 6 unspecified atom stereocenters. The number of aliphatic hydroxyl groups is 3. The minimum Gasteiger partial charge on any atom is -0.459 e. The number of hydrogen-bond donors (Lipinski definition) is 3. The molecule has 1 fully saturated rings. The van der Waals surface area contributed by atoms with Gasteiger partial charge in [0.25, 0.3) is 5.91 Å². The van der Waals surface area contributed by atoms with E-state index in [1.165, 1.54) is 5.56 Å². The summed E-state index contributed by atoms with van der Waals surface area (Å²) in [6.45, 7) is 10.8. The van der Waals surface area contributed by atoms with E-state index in [-0.39, 0.29) is 76.3 Å². The molecule has 3 N–H and O–H groups in total. The summed E-state index contributed by atoms with van der Waals surface area (Å²) < 4.78 is 26.8. The van der Waals surface area contributed by atoms with Gasteiger partial charge in [-0.25, -0.2) is 0 Å². The summed E-state index contributed by atoms with van der Waals surface area (Å²) >= 11 is 0. The van der Waals surface area contributed by atoms with E-state index in [1.807, 2.05) is 37.3 Å². The number of unbranched alkanes of at least 4 members (excludes halogenated alkanes) is 2. The Hall–Kier alpha value is -5.03. The minimum absolute atomic E-state index is 0.0351.